The topological polar surface area (TPSA) is 142 Å². The summed E-state index contributed by atoms with van der Waals surface area (Å²) >= 11 is 0. The number of para-hydroxylation sites is 1. The summed E-state index contributed by atoms with van der Waals surface area (Å²) in [4.78, 5) is 52.6. The lowest BCUT2D eigenvalue weighted by atomic mass is 9.97. The van der Waals surface area contributed by atoms with E-state index < -0.39 is 33.7 Å². The zero-order valence-electron chi connectivity index (χ0n) is 24.7. The highest BCUT2D eigenvalue weighted by Gasteiger charge is 2.33. The van der Waals surface area contributed by atoms with Crippen LogP contribution in [0.15, 0.2) is 95.9 Å². The summed E-state index contributed by atoms with van der Waals surface area (Å²) in [6.45, 7) is 5.61. The molecule has 3 N–H and O–H groups in total. The molecule has 0 spiro atoms. The summed E-state index contributed by atoms with van der Waals surface area (Å²) in [6, 6.07) is 25.0. The molecule has 0 aliphatic heterocycles. The van der Waals surface area contributed by atoms with E-state index in [1.165, 1.54) is 24.0 Å². The number of carbonyl (C=O) groups excluding carboxylic acids is 4. The number of hydrogen-bond acceptors (Lipinski definition) is 6. The van der Waals surface area contributed by atoms with Crippen LogP contribution >= 0.6 is 0 Å². The van der Waals surface area contributed by atoms with Gasteiger partial charge >= 0.3 is 0 Å². The minimum atomic E-state index is -4.26. The Balaban J connectivity index is 1.53. The van der Waals surface area contributed by atoms with Gasteiger partial charge in [0.05, 0.1) is 16.1 Å². The van der Waals surface area contributed by atoms with Crippen LogP contribution in [0.4, 0.5) is 11.4 Å². The first-order valence-electron chi connectivity index (χ1n) is 14.1. The molecule has 10 nitrogen and oxygen atoms in total. The molecular formula is C33H34N4O6S. The maximum Gasteiger partial charge on any atom is 0.264 e. The monoisotopic (exact) mass is 614 g/mol. The summed E-state index contributed by atoms with van der Waals surface area (Å²) < 4.78 is 28.5. The number of sulfonamides is 1. The van der Waals surface area contributed by atoms with Gasteiger partial charge in [-0.3, -0.25) is 19.2 Å². The molecule has 0 aromatic heterocycles. The molecule has 0 aliphatic rings. The van der Waals surface area contributed by atoms with Crippen LogP contribution in [0.5, 0.6) is 0 Å². The van der Waals surface area contributed by atoms with Gasteiger partial charge in [0.2, 0.25) is 17.7 Å². The van der Waals surface area contributed by atoms with E-state index in [1.54, 1.807) is 80.6 Å². The van der Waals surface area contributed by atoms with Crippen molar-refractivity contribution in [3.8, 4) is 0 Å². The molecule has 44 heavy (non-hydrogen) atoms. The first-order valence-corrected chi connectivity index (χ1v) is 15.6. The Morgan fingerprint density at radius 1 is 0.773 bits per heavy atom. The molecule has 0 radical (unpaired) electrons. The number of nitrogens with zero attached hydrogens (tertiary/aromatic N) is 1. The van der Waals surface area contributed by atoms with Gasteiger partial charge in [0, 0.05) is 25.7 Å². The van der Waals surface area contributed by atoms with E-state index in [2.05, 4.69) is 15.4 Å². The molecule has 0 saturated heterocycles. The summed E-state index contributed by atoms with van der Waals surface area (Å²) in [5.74, 6) is -3.47. The van der Waals surface area contributed by atoms with Crippen molar-refractivity contribution in [3.05, 3.63) is 102 Å². The highest BCUT2D eigenvalue weighted by molar-refractivity contribution is 7.90. The Bertz CT molecular complexity index is 1800. The smallest absolute Gasteiger partial charge is 0.264 e. The largest absolute Gasteiger partial charge is 0.343 e. The number of amides is 4. The van der Waals surface area contributed by atoms with Crippen LogP contribution in [0.25, 0.3) is 10.8 Å². The van der Waals surface area contributed by atoms with Crippen molar-refractivity contribution in [3.63, 3.8) is 0 Å². The lowest BCUT2D eigenvalue weighted by Crippen LogP contribution is -2.46. The fourth-order valence-electron chi connectivity index (χ4n) is 4.78. The zero-order chi connectivity index (χ0) is 31.9. The zero-order valence-corrected chi connectivity index (χ0v) is 25.5. The summed E-state index contributed by atoms with van der Waals surface area (Å²) in [5.41, 5.74) is 1.69. The second kappa shape index (κ2) is 14.0. The second-order valence-electron chi connectivity index (χ2n) is 10.1. The van der Waals surface area contributed by atoms with Crippen LogP contribution in [-0.4, -0.2) is 50.0 Å². The number of fused-ring (bicyclic) bond motifs is 1. The summed E-state index contributed by atoms with van der Waals surface area (Å²) in [6.07, 6.45) is -0.0615. The molecule has 228 valence electrons. The number of anilines is 2. The molecule has 0 heterocycles. The van der Waals surface area contributed by atoms with Crippen LogP contribution in [-0.2, 0) is 30.8 Å². The van der Waals surface area contributed by atoms with Crippen LogP contribution in [0.3, 0.4) is 0 Å². The van der Waals surface area contributed by atoms with Gasteiger partial charge in [-0.1, -0.05) is 54.6 Å². The number of benzene rings is 4. The van der Waals surface area contributed by atoms with Gasteiger partial charge in [0.25, 0.3) is 15.9 Å². The molecule has 0 bridgehead atoms. The highest BCUT2D eigenvalue weighted by Crippen LogP contribution is 2.22. The maximum absolute atomic E-state index is 13.4. The highest BCUT2D eigenvalue weighted by atomic mass is 32.2. The van der Waals surface area contributed by atoms with Gasteiger partial charge in [-0.15, -0.1) is 0 Å². The van der Waals surface area contributed by atoms with E-state index >= 15 is 0 Å². The molecule has 4 rings (SSSR count). The molecule has 11 heteroatoms. The van der Waals surface area contributed by atoms with E-state index in [9.17, 15) is 27.6 Å². The first-order chi connectivity index (χ1) is 21.0. The van der Waals surface area contributed by atoms with Gasteiger partial charge < -0.3 is 15.5 Å². The van der Waals surface area contributed by atoms with Gasteiger partial charge in [-0.05, 0) is 73.0 Å². The fourth-order valence-corrected chi connectivity index (χ4v) is 5.84. The molecule has 0 fully saturated rings. The van der Waals surface area contributed by atoms with Crippen LogP contribution in [0.2, 0.25) is 0 Å². The second-order valence-corrected chi connectivity index (χ2v) is 11.8. The summed E-state index contributed by atoms with van der Waals surface area (Å²) in [5, 5.41) is 6.95. The lowest BCUT2D eigenvalue weighted by Gasteiger charge is -2.25. The Morgan fingerprint density at radius 3 is 2.07 bits per heavy atom. The third-order valence-electron chi connectivity index (χ3n) is 7.09. The average molecular weight is 615 g/mol. The van der Waals surface area contributed by atoms with Crippen molar-refractivity contribution in [1.29, 1.82) is 0 Å². The van der Waals surface area contributed by atoms with Crippen molar-refractivity contribution in [1.82, 2.24) is 9.62 Å². The number of carbonyl (C=O) groups is 4. The van der Waals surface area contributed by atoms with Crippen molar-refractivity contribution in [2.75, 3.05) is 23.7 Å². The van der Waals surface area contributed by atoms with Crippen LogP contribution < -0.4 is 15.4 Å². The molecule has 4 aromatic carbocycles. The minimum absolute atomic E-state index is 0.0615. The number of hydrogen-bond donors (Lipinski definition) is 3. The van der Waals surface area contributed by atoms with Crippen molar-refractivity contribution < 1.29 is 27.6 Å². The van der Waals surface area contributed by atoms with E-state index in [-0.39, 0.29) is 22.8 Å². The fraction of sp³-hybridized carbons (Fsp3) is 0.212. The molecule has 4 aromatic rings. The lowest BCUT2D eigenvalue weighted by molar-refractivity contribution is -0.141. The van der Waals surface area contributed by atoms with Crippen molar-refractivity contribution in [2.45, 2.75) is 32.1 Å². The van der Waals surface area contributed by atoms with E-state index in [4.69, 9.17) is 0 Å². The Kier molecular flexibility index (Phi) is 10.1. The SMILES string of the molecule is CCN(CC)C(=O)C(Cc1ccc(NC(=O)c2ccccc2NC(C)=O)cc1)C(=O)NS(=O)(=O)c1ccc2ccccc2c1. The van der Waals surface area contributed by atoms with Gasteiger partial charge in [0.15, 0.2) is 0 Å². The average Bonchev–Trinajstić information content (AvgIpc) is 3.00. The van der Waals surface area contributed by atoms with Crippen LogP contribution in [0, 0.1) is 5.92 Å². The Labute approximate surface area is 256 Å². The number of nitrogens with one attached hydrogen (secondary N) is 3. The Morgan fingerprint density at radius 2 is 1.41 bits per heavy atom. The predicted molar refractivity (Wildman–Crippen MR) is 170 cm³/mol. The predicted octanol–water partition coefficient (Wildman–Crippen LogP) is 4.58. The van der Waals surface area contributed by atoms with E-state index in [0.717, 1.165) is 5.39 Å². The van der Waals surface area contributed by atoms with Crippen molar-refractivity contribution >= 4 is 55.8 Å². The number of rotatable bonds is 11. The molecule has 4 amide bonds. The van der Waals surface area contributed by atoms with Gasteiger partial charge in [-0.25, -0.2) is 13.1 Å². The third kappa shape index (κ3) is 7.67. The first kappa shape index (κ1) is 31.9. The van der Waals surface area contributed by atoms with Crippen molar-refractivity contribution in [2.24, 2.45) is 5.92 Å². The normalized spacial score (nSPS) is 11.8. The maximum atomic E-state index is 13.4. The van der Waals surface area contributed by atoms with E-state index in [1.807, 2.05) is 12.1 Å². The molecule has 1 atom stereocenters. The Hall–Kier alpha value is -5.03. The van der Waals surface area contributed by atoms with Gasteiger partial charge in [-0.2, -0.15) is 0 Å². The molecule has 0 aliphatic carbocycles. The minimum Gasteiger partial charge on any atom is -0.343 e. The van der Waals surface area contributed by atoms with Gasteiger partial charge in [0.1, 0.15) is 5.92 Å². The quantitative estimate of drug-likeness (QED) is 0.211. The van der Waals surface area contributed by atoms with Crippen LogP contribution in [0.1, 0.15) is 36.7 Å². The standard InChI is InChI=1S/C33H34N4O6S/c1-4-37(5-2)33(41)29(32(40)36-44(42,43)27-19-16-24-10-6-7-11-25(24)21-27)20-23-14-17-26(18-15-23)35-31(39)28-12-8-9-13-30(28)34-22(3)38/h6-19,21,29H,4-5,20H2,1-3H3,(H,34,38)(H,35,39)(H,36,40). The molecule has 0 saturated carbocycles. The summed E-state index contributed by atoms with van der Waals surface area (Å²) in [7, 11) is -4.26. The van der Waals surface area contributed by atoms with E-state index in [0.29, 0.717) is 35.4 Å². The third-order valence-corrected chi connectivity index (χ3v) is 8.43. The molecular weight excluding hydrogens is 580 g/mol. The molecule has 1 unspecified atom stereocenters.